The van der Waals surface area contributed by atoms with Gasteiger partial charge in [0.2, 0.25) is 0 Å². The first-order valence-corrected chi connectivity index (χ1v) is 14.0. The Morgan fingerprint density at radius 3 is 2.29 bits per heavy atom. The molecular weight excluding hydrogens is 412 g/mol. The fourth-order valence-electron chi connectivity index (χ4n) is 4.67. The van der Waals surface area contributed by atoms with Crippen LogP contribution in [0.1, 0.15) is 18.3 Å². The van der Waals surface area contributed by atoms with Crippen molar-refractivity contribution >= 4 is 13.3 Å². The zero-order chi connectivity index (χ0) is 21.8. The highest BCUT2D eigenvalue weighted by Gasteiger charge is 2.51. The van der Waals surface area contributed by atoms with E-state index in [4.69, 9.17) is 28.4 Å². The quantitative estimate of drug-likeness (QED) is 0.429. The van der Waals surface area contributed by atoms with Crippen molar-refractivity contribution in [2.24, 2.45) is 0 Å². The van der Waals surface area contributed by atoms with Gasteiger partial charge >= 0.3 is 0 Å². The molecule has 170 valence electrons. The van der Waals surface area contributed by atoms with Crippen LogP contribution in [0.2, 0.25) is 18.6 Å². The van der Waals surface area contributed by atoms with Gasteiger partial charge in [0.15, 0.2) is 12.6 Å². The molecule has 3 fully saturated rings. The number of ether oxygens (including phenoxy) is 6. The van der Waals surface area contributed by atoms with Crippen LogP contribution in [0.25, 0.3) is 0 Å². The lowest BCUT2D eigenvalue weighted by molar-refractivity contribution is -0.365. The first-order valence-electron chi connectivity index (χ1n) is 11.1. The molecule has 3 aliphatic rings. The molecule has 0 aromatic heterocycles. The number of fused-ring (bicyclic) bond motifs is 1. The number of methoxy groups -OCH3 is 1. The molecule has 7 heteroatoms. The van der Waals surface area contributed by atoms with Gasteiger partial charge in [0.05, 0.1) is 27.9 Å². The van der Waals surface area contributed by atoms with E-state index in [0.717, 1.165) is 5.56 Å². The first-order chi connectivity index (χ1) is 15.1. The van der Waals surface area contributed by atoms with Crippen LogP contribution in [0.5, 0.6) is 0 Å². The summed E-state index contributed by atoms with van der Waals surface area (Å²) < 4.78 is 36.1. The molecule has 3 aliphatic heterocycles. The fraction of sp³-hybridized carbons (Fsp3) is 0.583. The largest absolute Gasteiger partial charge is 0.368 e. The SMILES string of the molecule is C=CCO[C@@H]1[C@@H](OCC=C)[C@@H](OC)O[C@@H]2COC(c3ccc([Si]4(C)CCC4)cc3)O[C@@H]12. The molecule has 0 bridgehead atoms. The molecule has 6 nitrogen and oxygen atoms in total. The molecule has 1 unspecified atom stereocenters. The third kappa shape index (κ3) is 4.73. The van der Waals surface area contributed by atoms with E-state index in [9.17, 15) is 0 Å². The average molecular weight is 447 g/mol. The molecule has 0 amide bonds. The lowest BCUT2D eigenvalue weighted by atomic mass is 9.97. The topological polar surface area (TPSA) is 55.4 Å². The molecule has 31 heavy (non-hydrogen) atoms. The Labute approximate surface area is 186 Å². The smallest absolute Gasteiger partial charge is 0.186 e. The van der Waals surface area contributed by atoms with Crippen LogP contribution in [0, 0.1) is 0 Å². The van der Waals surface area contributed by atoms with E-state index in [-0.39, 0.29) is 18.3 Å². The van der Waals surface area contributed by atoms with Crippen molar-refractivity contribution < 1.29 is 28.4 Å². The summed E-state index contributed by atoms with van der Waals surface area (Å²) in [5, 5.41) is 1.52. The first kappa shape index (κ1) is 22.9. The monoisotopic (exact) mass is 446 g/mol. The fourth-order valence-corrected chi connectivity index (χ4v) is 7.63. The van der Waals surface area contributed by atoms with E-state index < -0.39 is 26.8 Å². The molecule has 0 aliphatic carbocycles. The standard InChI is InChI=1S/C24H34O6Si/c1-5-12-26-21-20-19(29-24(25-3)22(21)27-13-6-2)16-28-23(30-20)17-8-10-18(11-9-17)31(4)14-7-15-31/h5-6,8-11,19-24H,1-2,7,12-16H2,3-4H3/t19-,20-,21+,22-,23?,24+/m1/s1. The van der Waals surface area contributed by atoms with Crippen LogP contribution >= 0.6 is 0 Å². The van der Waals surface area contributed by atoms with Gasteiger partial charge < -0.3 is 28.4 Å². The third-order valence-corrected chi connectivity index (χ3v) is 11.3. The van der Waals surface area contributed by atoms with Crippen LogP contribution in [0.4, 0.5) is 0 Å². The maximum atomic E-state index is 6.40. The van der Waals surface area contributed by atoms with Gasteiger partial charge in [0.1, 0.15) is 24.4 Å². The minimum absolute atomic E-state index is 0.305. The Morgan fingerprint density at radius 1 is 1.03 bits per heavy atom. The summed E-state index contributed by atoms with van der Waals surface area (Å²) in [7, 11) is 0.395. The predicted molar refractivity (Wildman–Crippen MR) is 121 cm³/mol. The minimum Gasteiger partial charge on any atom is -0.368 e. The van der Waals surface area contributed by atoms with E-state index in [0.29, 0.717) is 19.8 Å². The lowest BCUT2D eigenvalue weighted by Crippen LogP contribution is -2.63. The van der Waals surface area contributed by atoms with Crippen LogP contribution in [0.3, 0.4) is 0 Å². The van der Waals surface area contributed by atoms with Crippen molar-refractivity contribution in [3.8, 4) is 0 Å². The van der Waals surface area contributed by atoms with Gasteiger partial charge in [-0.05, 0) is 0 Å². The summed E-state index contributed by atoms with van der Waals surface area (Å²) in [6, 6.07) is 11.6. The molecule has 0 spiro atoms. The van der Waals surface area contributed by atoms with Crippen molar-refractivity contribution in [1.82, 2.24) is 0 Å². The maximum Gasteiger partial charge on any atom is 0.186 e. The van der Waals surface area contributed by atoms with E-state index in [2.05, 4.69) is 44.0 Å². The number of hydrogen-bond acceptors (Lipinski definition) is 6. The molecule has 3 heterocycles. The van der Waals surface area contributed by atoms with Crippen molar-refractivity contribution in [1.29, 1.82) is 0 Å². The molecule has 0 radical (unpaired) electrons. The summed E-state index contributed by atoms with van der Waals surface area (Å²) in [6.07, 6.45) is 2.26. The molecular formula is C24H34O6Si. The molecule has 0 N–H and O–H groups in total. The summed E-state index contributed by atoms with van der Waals surface area (Å²) in [5.74, 6) is 0. The predicted octanol–water partition coefficient (Wildman–Crippen LogP) is 3.30. The van der Waals surface area contributed by atoms with Crippen molar-refractivity contribution in [2.45, 2.75) is 62.1 Å². The Hall–Kier alpha value is -1.32. The second-order valence-electron chi connectivity index (χ2n) is 8.75. The average Bonchev–Trinajstić information content (AvgIpc) is 2.79. The highest BCUT2D eigenvalue weighted by Crippen LogP contribution is 2.37. The summed E-state index contributed by atoms with van der Waals surface area (Å²) in [5.41, 5.74) is 1.01. The van der Waals surface area contributed by atoms with Gasteiger partial charge in [0, 0.05) is 12.7 Å². The van der Waals surface area contributed by atoms with Crippen molar-refractivity contribution in [3.05, 3.63) is 55.1 Å². The second-order valence-corrected chi connectivity index (χ2v) is 13.5. The Kier molecular flexibility index (Phi) is 7.43. The summed E-state index contributed by atoms with van der Waals surface area (Å²) >= 11 is 0. The highest BCUT2D eigenvalue weighted by molar-refractivity contribution is 6.92. The van der Waals surface area contributed by atoms with Gasteiger partial charge in [-0.3, -0.25) is 0 Å². The van der Waals surface area contributed by atoms with Crippen molar-refractivity contribution in [3.63, 3.8) is 0 Å². The van der Waals surface area contributed by atoms with Gasteiger partial charge in [-0.2, -0.15) is 0 Å². The van der Waals surface area contributed by atoms with Crippen molar-refractivity contribution in [2.75, 3.05) is 26.9 Å². The minimum atomic E-state index is -1.20. The molecule has 1 aromatic rings. The molecule has 3 saturated heterocycles. The van der Waals surface area contributed by atoms with Gasteiger partial charge in [-0.25, -0.2) is 0 Å². The van der Waals surface area contributed by atoms with Crippen LogP contribution < -0.4 is 5.19 Å². The second kappa shape index (κ2) is 10.1. The van der Waals surface area contributed by atoms with Gasteiger partial charge in [0.25, 0.3) is 0 Å². The Bertz CT molecular complexity index is 749. The zero-order valence-corrected chi connectivity index (χ0v) is 19.5. The Balaban J connectivity index is 1.51. The van der Waals surface area contributed by atoms with E-state index >= 15 is 0 Å². The molecule has 1 aromatic carbocycles. The highest BCUT2D eigenvalue weighted by atomic mass is 28.3. The van der Waals surface area contributed by atoms with Gasteiger partial charge in [-0.1, -0.05) is 66.7 Å². The van der Waals surface area contributed by atoms with Gasteiger partial charge in [-0.15, -0.1) is 13.2 Å². The Morgan fingerprint density at radius 2 is 1.71 bits per heavy atom. The van der Waals surface area contributed by atoms with Crippen LogP contribution in [-0.4, -0.2) is 65.7 Å². The van der Waals surface area contributed by atoms with E-state index in [1.54, 1.807) is 19.3 Å². The molecule has 6 atom stereocenters. The maximum absolute atomic E-state index is 6.40. The number of rotatable bonds is 9. The third-order valence-electron chi connectivity index (χ3n) is 6.67. The molecule has 4 rings (SSSR count). The van der Waals surface area contributed by atoms with E-state index in [1.165, 1.54) is 23.7 Å². The summed E-state index contributed by atoms with van der Waals surface area (Å²) in [6.45, 7) is 11.1. The van der Waals surface area contributed by atoms with Crippen LogP contribution in [0.15, 0.2) is 49.6 Å². The number of benzene rings is 1. The zero-order valence-electron chi connectivity index (χ0n) is 18.5. The molecule has 0 saturated carbocycles. The van der Waals surface area contributed by atoms with E-state index in [1.807, 2.05) is 0 Å². The lowest BCUT2D eigenvalue weighted by Gasteiger charge is -2.48. The van der Waals surface area contributed by atoms with Crippen LogP contribution in [-0.2, 0) is 28.4 Å². The number of hydrogen-bond donors (Lipinski definition) is 0. The summed E-state index contributed by atoms with van der Waals surface area (Å²) in [4.78, 5) is 0. The normalized spacial score (nSPS) is 34.4.